The lowest BCUT2D eigenvalue weighted by atomic mass is 9.33. The van der Waals surface area contributed by atoms with E-state index in [1.54, 1.807) is 0 Å². The summed E-state index contributed by atoms with van der Waals surface area (Å²) in [5.41, 5.74) is 21.1. The van der Waals surface area contributed by atoms with Crippen molar-refractivity contribution in [2.45, 2.75) is 92.4 Å². The highest BCUT2D eigenvalue weighted by molar-refractivity contribution is 7.00. The molecule has 0 aliphatic carbocycles. The van der Waals surface area contributed by atoms with Crippen LogP contribution in [0.5, 0.6) is 0 Å². The molecule has 0 atom stereocenters. The number of unbranched alkanes of at least 4 members (excludes halogenated alkanes) is 1. The maximum Gasteiger partial charge on any atom is 0.252 e. The highest BCUT2D eigenvalue weighted by Gasteiger charge is 2.44. The Balaban J connectivity index is 1.21. The molecule has 9 aromatic rings. The Morgan fingerprint density at radius 3 is 1.64 bits per heavy atom. The Kier molecular flexibility index (Phi) is 8.30. The summed E-state index contributed by atoms with van der Waals surface area (Å²) in [6.07, 6.45) is 3.49. The van der Waals surface area contributed by atoms with E-state index in [0.717, 1.165) is 56.0 Å². The molecular formula is C56H53BN2O2. The van der Waals surface area contributed by atoms with E-state index < -0.39 is 0 Å². The van der Waals surface area contributed by atoms with Crippen LogP contribution in [0.3, 0.4) is 0 Å². The number of hydrogen-bond acceptors (Lipinski definition) is 4. The van der Waals surface area contributed by atoms with Crippen LogP contribution in [-0.2, 0) is 17.3 Å². The predicted molar refractivity (Wildman–Crippen MR) is 261 cm³/mol. The molecule has 0 unspecified atom stereocenters. The number of anilines is 6. The van der Waals surface area contributed by atoms with Gasteiger partial charge >= 0.3 is 0 Å². The molecular weight excluding hydrogens is 743 g/mol. The summed E-state index contributed by atoms with van der Waals surface area (Å²) in [6, 6.07) is 46.1. The van der Waals surface area contributed by atoms with Gasteiger partial charge in [0.25, 0.3) is 6.71 Å². The van der Waals surface area contributed by atoms with Crippen LogP contribution in [0.4, 0.5) is 34.1 Å². The molecule has 5 heteroatoms. The molecule has 0 N–H and O–H groups in total. The monoisotopic (exact) mass is 796 g/mol. The molecule has 2 aromatic heterocycles. The number of nitrogens with zero attached hydrogens (tertiary/aromatic N) is 2. The van der Waals surface area contributed by atoms with Crippen LogP contribution in [0.15, 0.2) is 130 Å². The molecule has 4 heterocycles. The van der Waals surface area contributed by atoms with E-state index in [2.05, 4.69) is 193 Å². The first-order chi connectivity index (χ1) is 29.2. The first-order valence-electron chi connectivity index (χ1n) is 22.2. The third-order valence-corrected chi connectivity index (χ3v) is 13.4. The minimum Gasteiger partial charge on any atom is -0.456 e. The van der Waals surface area contributed by atoms with Crippen LogP contribution in [-0.4, -0.2) is 6.71 Å². The lowest BCUT2D eigenvalue weighted by molar-refractivity contribution is 0.590. The average molecular weight is 797 g/mol. The summed E-state index contributed by atoms with van der Waals surface area (Å²) in [6.45, 7) is 20.4. The lowest BCUT2D eigenvalue weighted by Crippen LogP contribution is -2.61. The third kappa shape index (κ3) is 5.95. The van der Waals surface area contributed by atoms with Gasteiger partial charge in [0, 0.05) is 55.7 Å². The number of aryl methyl sites for hydroxylation is 3. The fraction of sp³-hybridized carbons (Fsp3) is 0.250. The van der Waals surface area contributed by atoms with E-state index >= 15 is 0 Å². The van der Waals surface area contributed by atoms with E-state index in [-0.39, 0.29) is 17.5 Å². The molecule has 4 nitrogen and oxygen atoms in total. The van der Waals surface area contributed by atoms with Gasteiger partial charge in [-0.3, -0.25) is 0 Å². The summed E-state index contributed by atoms with van der Waals surface area (Å²) in [5.74, 6) is 0. The number of rotatable bonds is 5. The van der Waals surface area contributed by atoms with E-state index in [9.17, 15) is 0 Å². The van der Waals surface area contributed by atoms with Crippen molar-refractivity contribution in [1.29, 1.82) is 0 Å². The van der Waals surface area contributed by atoms with Crippen LogP contribution in [0, 0.1) is 13.8 Å². The van der Waals surface area contributed by atoms with Gasteiger partial charge in [0.15, 0.2) is 0 Å². The Bertz CT molecular complexity index is 3240. The SMILES string of the molecule is CCCCc1ccc(N2c3ccc(C)cc3B3c4cc5oc6ccc(C(C)(C)C)cc6c5cc4N(c4ccc5oc6ccc(C(C)(C)C)cc6c5c4)c4cc(C)cc2c43)cc1. The van der Waals surface area contributed by atoms with Crippen LogP contribution in [0.1, 0.15) is 89.1 Å². The van der Waals surface area contributed by atoms with Gasteiger partial charge in [-0.1, -0.05) is 96.8 Å². The van der Waals surface area contributed by atoms with Crippen LogP contribution < -0.4 is 26.2 Å². The van der Waals surface area contributed by atoms with Crippen molar-refractivity contribution in [2.75, 3.05) is 9.80 Å². The average Bonchev–Trinajstić information content (AvgIpc) is 3.78. The zero-order valence-corrected chi connectivity index (χ0v) is 37.0. The molecule has 0 amide bonds. The number of benzene rings is 7. The largest absolute Gasteiger partial charge is 0.456 e. The maximum absolute atomic E-state index is 6.81. The Hall–Kier alpha value is -6.20. The predicted octanol–water partition coefficient (Wildman–Crippen LogP) is 14.1. The zero-order chi connectivity index (χ0) is 42.1. The van der Waals surface area contributed by atoms with E-state index in [0.29, 0.717) is 0 Å². The number of hydrogen-bond donors (Lipinski definition) is 0. The second-order valence-electron chi connectivity index (χ2n) is 19.9. The van der Waals surface area contributed by atoms with Crippen LogP contribution in [0.2, 0.25) is 0 Å². The van der Waals surface area contributed by atoms with Crippen molar-refractivity contribution in [3.8, 4) is 0 Å². The molecule has 0 spiro atoms. The smallest absolute Gasteiger partial charge is 0.252 e. The van der Waals surface area contributed by atoms with Gasteiger partial charge in [-0.2, -0.15) is 0 Å². The normalized spacial score (nSPS) is 13.8. The molecule has 61 heavy (non-hydrogen) atoms. The summed E-state index contributed by atoms with van der Waals surface area (Å²) >= 11 is 0. The molecule has 0 saturated heterocycles. The van der Waals surface area contributed by atoms with Crippen molar-refractivity contribution in [1.82, 2.24) is 0 Å². The van der Waals surface area contributed by atoms with Crippen molar-refractivity contribution < 1.29 is 8.83 Å². The van der Waals surface area contributed by atoms with Crippen molar-refractivity contribution in [2.24, 2.45) is 0 Å². The molecule has 11 rings (SSSR count). The standard InChI is InChI=1S/C56H53BN2O2/c1-10-11-12-35-14-18-38(19-15-35)58-46-21-13-33(2)25-44(46)57-45-32-53-43(41-29-37(56(7,8)9)17-23-51(41)61-53)31-47(45)59(49-27-34(3)26-48(58)54(49)57)39-20-24-52-42(30-39)40-28-36(55(4,5)6)16-22-50(40)60-52/h13-32H,10-12H2,1-9H3. The number of furan rings is 2. The van der Waals surface area contributed by atoms with Crippen molar-refractivity contribution in [3.05, 3.63) is 149 Å². The molecule has 7 aromatic carbocycles. The summed E-state index contributed by atoms with van der Waals surface area (Å²) in [4.78, 5) is 5.04. The zero-order valence-electron chi connectivity index (χ0n) is 37.0. The van der Waals surface area contributed by atoms with Gasteiger partial charge < -0.3 is 18.6 Å². The number of fused-ring (bicyclic) bond motifs is 10. The summed E-state index contributed by atoms with van der Waals surface area (Å²) < 4.78 is 13.3. The van der Waals surface area contributed by atoms with Gasteiger partial charge in [-0.15, -0.1) is 0 Å². The first kappa shape index (κ1) is 37.8. The van der Waals surface area contributed by atoms with E-state index in [4.69, 9.17) is 8.83 Å². The fourth-order valence-electron chi connectivity index (χ4n) is 10.1. The topological polar surface area (TPSA) is 32.8 Å². The molecule has 0 saturated carbocycles. The molecule has 302 valence electrons. The summed E-state index contributed by atoms with van der Waals surface area (Å²) in [5, 5.41) is 4.56. The van der Waals surface area contributed by atoms with Crippen molar-refractivity contribution >= 4 is 101 Å². The Labute approximate surface area is 359 Å². The molecule has 0 bridgehead atoms. The van der Waals surface area contributed by atoms with E-state index in [1.165, 1.54) is 85.5 Å². The van der Waals surface area contributed by atoms with Gasteiger partial charge in [0.1, 0.15) is 22.3 Å². The minimum atomic E-state index is -0.0117. The lowest BCUT2D eigenvalue weighted by Gasteiger charge is -2.44. The maximum atomic E-state index is 6.81. The highest BCUT2D eigenvalue weighted by atomic mass is 16.3. The molecule has 2 aliphatic rings. The van der Waals surface area contributed by atoms with Gasteiger partial charge in [-0.05, 0) is 161 Å². The second kappa shape index (κ2) is 13.4. The molecule has 0 fully saturated rings. The fourth-order valence-corrected chi connectivity index (χ4v) is 10.1. The van der Waals surface area contributed by atoms with E-state index in [1.807, 2.05) is 0 Å². The Morgan fingerprint density at radius 2 is 1.02 bits per heavy atom. The summed E-state index contributed by atoms with van der Waals surface area (Å²) in [7, 11) is 0. The third-order valence-electron chi connectivity index (χ3n) is 13.4. The van der Waals surface area contributed by atoms with Crippen LogP contribution >= 0.6 is 0 Å². The van der Waals surface area contributed by atoms with Gasteiger partial charge in [0.2, 0.25) is 0 Å². The quantitative estimate of drug-likeness (QED) is 0.162. The highest BCUT2D eigenvalue weighted by Crippen LogP contribution is 2.47. The molecule has 2 aliphatic heterocycles. The molecule has 0 radical (unpaired) electrons. The van der Waals surface area contributed by atoms with Crippen LogP contribution in [0.25, 0.3) is 43.9 Å². The van der Waals surface area contributed by atoms with Gasteiger partial charge in [-0.25, -0.2) is 0 Å². The Morgan fingerprint density at radius 1 is 0.475 bits per heavy atom. The van der Waals surface area contributed by atoms with Gasteiger partial charge in [0.05, 0.1) is 0 Å². The van der Waals surface area contributed by atoms with Crippen molar-refractivity contribution in [3.63, 3.8) is 0 Å². The minimum absolute atomic E-state index is 0.00585. The second-order valence-corrected chi connectivity index (χ2v) is 19.9. The first-order valence-corrected chi connectivity index (χ1v) is 22.2.